The van der Waals surface area contributed by atoms with E-state index in [1.165, 1.54) is 17.4 Å². The van der Waals surface area contributed by atoms with E-state index < -0.39 is 10.0 Å². The van der Waals surface area contributed by atoms with Crippen LogP contribution in [0.4, 0.5) is 0 Å². The lowest BCUT2D eigenvalue weighted by Crippen LogP contribution is -2.27. The standard InChI is InChI=1S/C14H15ClN2O4S/c1-9-5-12(16-21-9)8-17(2)22(18,19)13-7-11(15)6-10-3-4-20-14(10)13/h5-7H,3-4,8H2,1-2H3. The van der Waals surface area contributed by atoms with Crippen molar-refractivity contribution in [3.63, 3.8) is 0 Å². The van der Waals surface area contributed by atoms with Crippen molar-refractivity contribution in [2.24, 2.45) is 0 Å². The van der Waals surface area contributed by atoms with Crippen LogP contribution in [0.3, 0.4) is 0 Å². The molecule has 2 aromatic rings. The molecule has 0 fully saturated rings. The van der Waals surface area contributed by atoms with Crippen molar-refractivity contribution in [2.75, 3.05) is 13.7 Å². The molecule has 1 aromatic carbocycles. The van der Waals surface area contributed by atoms with Crippen LogP contribution in [0.25, 0.3) is 0 Å². The van der Waals surface area contributed by atoms with Crippen molar-refractivity contribution < 1.29 is 17.7 Å². The van der Waals surface area contributed by atoms with Gasteiger partial charge >= 0.3 is 0 Å². The topological polar surface area (TPSA) is 72.6 Å². The van der Waals surface area contributed by atoms with E-state index in [4.69, 9.17) is 20.9 Å². The Morgan fingerprint density at radius 3 is 2.82 bits per heavy atom. The predicted octanol–water partition coefficient (Wildman–Crippen LogP) is 2.39. The van der Waals surface area contributed by atoms with E-state index in [9.17, 15) is 8.42 Å². The van der Waals surface area contributed by atoms with E-state index in [0.29, 0.717) is 35.3 Å². The van der Waals surface area contributed by atoms with Gasteiger partial charge in [0.05, 0.1) is 18.8 Å². The molecule has 0 saturated carbocycles. The summed E-state index contributed by atoms with van der Waals surface area (Å²) in [7, 11) is -2.25. The lowest BCUT2D eigenvalue weighted by atomic mass is 10.2. The highest BCUT2D eigenvalue weighted by Gasteiger charge is 2.30. The lowest BCUT2D eigenvalue weighted by Gasteiger charge is -2.18. The highest BCUT2D eigenvalue weighted by molar-refractivity contribution is 7.89. The molecule has 0 unspecified atom stereocenters. The summed E-state index contributed by atoms with van der Waals surface area (Å²) >= 11 is 6.04. The Morgan fingerprint density at radius 1 is 1.36 bits per heavy atom. The van der Waals surface area contributed by atoms with Gasteiger partial charge in [0.25, 0.3) is 0 Å². The molecule has 1 aromatic heterocycles. The fraction of sp³-hybridized carbons (Fsp3) is 0.357. The number of sulfonamides is 1. The number of rotatable bonds is 4. The summed E-state index contributed by atoms with van der Waals surface area (Å²) < 4.78 is 37.2. The van der Waals surface area contributed by atoms with Crippen LogP contribution >= 0.6 is 11.6 Å². The molecule has 0 atom stereocenters. The fourth-order valence-corrected chi connectivity index (χ4v) is 4.04. The summed E-state index contributed by atoms with van der Waals surface area (Å²) in [6, 6.07) is 4.86. The Bertz CT molecular complexity index is 816. The Hall–Kier alpha value is -1.57. The third-order valence-corrected chi connectivity index (χ3v) is 5.49. The van der Waals surface area contributed by atoms with Gasteiger partial charge in [-0.05, 0) is 19.1 Å². The van der Waals surface area contributed by atoms with Crippen LogP contribution in [0.2, 0.25) is 5.02 Å². The van der Waals surface area contributed by atoms with Gasteiger partial charge < -0.3 is 9.26 Å². The molecule has 2 heterocycles. The van der Waals surface area contributed by atoms with Crippen LogP contribution in [-0.2, 0) is 23.0 Å². The molecule has 1 aliphatic heterocycles. The van der Waals surface area contributed by atoms with E-state index in [-0.39, 0.29) is 11.4 Å². The first kappa shape index (κ1) is 15.3. The number of benzene rings is 1. The van der Waals surface area contributed by atoms with Gasteiger partial charge in [-0.1, -0.05) is 16.8 Å². The molecule has 0 N–H and O–H groups in total. The van der Waals surface area contributed by atoms with Gasteiger partial charge in [0.15, 0.2) is 0 Å². The minimum Gasteiger partial charge on any atom is -0.492 e. The molecule has 0 aliphatic carbocycles. The lowest BCUT2D eigenvalue weighted by molar-refractivity contribution is 0.346. The molecule has 3 rings (SSSR count). The van der Waals surface area contributed by atoms with Crippen molar-refractivity contribution in [2.45, 2.75) is 24.8 Å². The molecule has 0 bridgehead atoms. The Balaban J connectivity index is 1.96. The predicted molar refractivity (Wildman–Crippen MR) is 80.5 cm³/mol. The molecule has 0 saturated heterocycles. The first-order valence-corrected chi connectivity index (χ1v) is 8.53. The number of hydrogen-bond acceptors (Lipinski definition) is 5. The normalized spacial score (nSPS) is 14.2. The SMILES string of the molecule is Cc1cc(CN(C)S(=O)(=O)c2cc(Cl)cc3c2OCC3)no1. The summed E-state index contributed by atoms with van der Waals surface area (Å²) in [4.78, 5) is 0.0928. The Morgan fingerprint density at radius 2 is 2.14 bits per heavy atom. The molecular formula is C14H15ClN2O4S. The molecule has 0 radical (unpaired) electrons. The maximum Gasteiger partial charge on any atom is 0.246 e. The zero-order chi connectivity index (χ0) is 15.9. The third kappa shape index (κ3) is 2.71. The largest absolute Gasteiger partial charge is 0.492 e. The highest BCUT2D eigenvalue weighted by atomic mass is 35.5. The second-order valence-corrected chi connectivity index (χ2v) is 7.63. The fourth-order valence-electron chi connectivity index (χ4n) is 2.40. The molecule has 0 amide bonds. The van der Waals surface area contributed by atoms with E-state index in [1.54, 1.807) is 19.1 Å². The van der Waals surface area contributed by atoms with Crippen molar-refractivity contribution in [3.05, 3.63) is 40.2 Å². The Kier molecular flexibility index (Phi) is 3.88. The van der Waals surface area contributed by atoms with Gasteiger partial charge in [-0.3, -0.25) is 0 Å². The van der Waals surface area contributed by atoms with Gasteiger partial charge in [-0.25, -0.2) is 8.42 Å². The Labute approximate surface area is 133 Å². The van der Waals surface area contributed by atoms with Crippen LogP contribution in [-0.4, -0.2) is 31.5 Å². The minimum atomic E-state index is -3.73. The van der Waals surface area contributed by atoms with Gasteiger partial charge in [0, 0.05) is 30.1 Å². The van der Waals surface area contributed by atoms with Crippen LogP contribution in [0, 0.1) is 6.92 Å². The van der Waals surface area contributed by atoms with Crippen molar-refractivity contribution >= 4 is 21.6 Å². The van der Waals surface area contributed by atoms with Gasteiger partial charge in [-0.15, -0.1) is 0 Å². The number of aromatic nitrogens is 1. The molecular weight excluding hydrogens is 328 g/mol. The summed E-state index contributed by atoms with van der Waals surface area (Å²) in [5.41, 5.74) is 1.36. The van der Waals surface area contributed by atoms with Crippen molar-refractivity contribution in [3.8, 4) is 5.75 Å². The van der Waals surface area contributed by atoms with Crippen LogP contribution in [0.1, 0.15) is 17.0 Å². The second-order valence-electron chi connectivity index (χ2n) is 5.18. The van der Waals surface area contributed by atoms with Crippen LogP contribution in [0.5, 0.6) is 5.75 Å². The first-order valence-electron chi connectivity index (χ1n) is 6.71. The average Bonchev–Trinajstić information content (AvgIpc) is 3.06. The smallest absolute Gasteiger partial charge is 0.246 e. The van der Waals surface area contributed by atoms with E-state index in [1.807, 2.05) is 0 Å². The molecule has 6 nitrogen and oxygen atoms in total. The summed E-state index contributed by atoms with van der Waals surface area (Å²) in [6.07, 6.45) is 0.657. The molecule has 118 valence electrons. The van der Waals surface area contributed by atoms with Gasteiger partial charge in [0.2, 0.25) is 10.0 Å². The highest BCUT2D eigenvalue weighted by Crippen LogP contribution is 2.37. The molecule has 22 heavy (non-hydrogen) atoms. The number of halogens is 1. The van der Waals surface area contributed by atoms with Crippen LogP contribution in [0.15, 0.2) is 27.6 Å². The molecule has 1 aliphatic rings. The first-order chi connectivity index (χ1) is 10.4. The number of hydrogen-bond donors (Lipinski definition) is 0. The number of nitrogens with zero attached hydrogens (tertiary/aromatic N) is 2. The van der Waals surface area contributed by atoms with Crippen molar-refractivity contribution in [1.29, 1.82) is 0 Å². The van der Waals surface area contributed by atoms with Crippen LogP contribution < -0.4 is 4.74 Å². The summed E-state index contributed by atoms with van der Waals surface area (Å²) in [5.74, 6) is 1.03. The van der Waals surface area contributed by atoms with E-state index in [2.05, 4.69) is 5.16 Å². The molecule has 8 heteroatoms. The number of aryl methyl sites for hydroxylation is 1. The number of fused-ring (bicyclic) bond motifs is 1. The number of ether oxygens (including phenoxy) is 1. The quantitative estimate of drug-likeness (QED) is 0.853. The zero-order valence-electron chi connectivity index (χ0n) is 12.2. The monoisotopic (exact) mass is 342 g/mol. The maximum atomic E-state index is 12.8. The molecule has 0 spiro atoms. The van der Waals surface area contributed by atoms with E-state index in [0.717, 1.165) is 5.56 Å². The summed E-state index contributed by atoms with van der Waals surface area (Å²) in [6.45, 7) is 2.33. The average molecular weight is 343 g/mol. The van der Waals surface area contributed by atoms with E-state index >= 15 is 0 Å². The second kappa shape index (κ2) is 5.57. The van der Waals surface area contributed by atoms with Crippen molar-refractivity contribution in [1.82, 2.24) is 9.46 Å². The van der Waals surface area contributed by atoms with Gasteiger partial charge in [-0.2, -0.15) is 4.31 Å². The zero-order valence-corrected chi connectivity index (χ0v) is 13.7. The third-order valence-electron chi connectivity index (χ3n) is 3.46. The minimum absolute atomic E-state index is 0.0928. The van der Waals surface area contributed by atoms with Gasteiger partial charge in [0.1, 0.15) is 16.4 Å². The summed E-state index contributed by atoms with van der Waals surface area (Å²) in [5, 5.41) is 4.20. The maximum absolute atomic E-state index is 12.8.